The molecule has 0 aliphatic carbocycles. The number of hydrogen-bond acceptors (Lipinski definition) is 3. The summed E-state index contributed by atoms with van der Waals surface area (Å²) in [6, 6.07) is 5.16. The number of rotatable bonds is 2. The minimum Gasteiger partial charge on any atom is -0.506 e. The molecule has 0 saturated carbocycles. The van der Waals surface area contributed by atoms with E-state index in [1.807, 2.05) is 19.9 Å². The van der Waals surface area contributed by atoms with Gasteiger partial charge in [-0.1, -0.05) is 13.0 Å². The molecular weight excluding hydrogens is 218 g/mol. The highest BCUT2D eigenvalue weighted by atomic mass is 16.5. The summed E-state index contributed by atoms with van der Waals surface area (Å²) < 4.78 is 5.37. The van der Waals surface area contributed by atoms with E-state index in [1.54, 1.807) is 12.1 Å². The van der Waals surface area contributed by atoms with Gasteiger partial charge >= 0.3 is 0 Å². The molecule has 0 radical (unpaired) electrons. The van der Waals surface area contributed by atoms with Crippen LogP contribution in [-0.4, -0.2) is 23.7 Å². The molecule has 1 aromatic rings. The number of anilines is 1. The maximum atomic E-state index is 11.9. The summed E-state index contributed by atoms with van der Waals surface area (Å²) in [6.07, 6.45) is 0.494. The molecule has 1 aromatic carbocycles. The maximum Gasteiger partial charge on any atom is 0.253 e. The Morgan fingerprint density at radius 1 is 1.53 bits per heavy atom. The Morgan fingerprint density at radius 2 is 2.29 bits per heavy atom. The molecule has 92 valence electrons. The fourth-order valence-electron chi connectivity index (χ4n) is 1.98. The van der Waals surface area contributed by atoms with Crippen molar-refractivity contribution < 1.29 is 14.6 Å². The lowest BCUT2D eigenvalue weighted by Crippen LogP contribution is -2.31. The van der Waals surface area contributed by atoms with Crippen LogP contribution in [0.4, 0.5) is 5.69 Å². The Hall–Kier alpha value is -1.55. The van der Waals surface area contributed by atoms with Crippen molar-refractivity contribution in [2.24, 2.45) is 5.92 Å². The minimum atomic E-state index is -0.407. The van der Waals surface area contributed by atoms with Crippen LogP contribution in [0.3, 0.4) is 0 Å². The number of phenolic OH excluding ortho intramolecular Hbond substituents is 1. The SMILES string of the molecule is Cc1ccc(NC(=O)C2OCCC2C)c(O)c1. The Bertz CT molecular complexity index is 431. The molecule has 2 unspecified atom stereocenters. The fourth-order valence-corrected chi connectivity index (χ4v) is 1.98. The van der Waals surface area contributed by atoms with Gasteiger partial charge in [0, 0.05) is 6.61 Å². The van der Waals surface area contributed by atoms with Crippen molar-refractivity contribution in [2.45, 2.75) is 26.4 Å². The second-order valence-corrected chi connectivity index (χ2v) is 4.57. The predicted octanol–water partition coefficient (Wildman–Crippen LogP) is 2.06. The summed E-state index contributed by atoms with van der Waals surface area (Å²) in [7, 11) is 0. The Kier molecular flexibility index (Phi) is 3.33. The van der Waals surface area contributed by atoms with Gasteiger partial charge in [-0.25, -0.2) is 0 Å². The van der Waals surface area contributed by atoms with Crippen molar-refractivity contribution in [3.8, 4) is 5.75 Å². The van der Waals surface area contributed by atoms with Gasteiger partial charge in [0.1, 0.15) is 11.9 Å². The molecule has 1 heterocycles. The number of amides is 1. The van der Waals surface area contributed by atoms with Gasteiger partial charge in [-0.15, -0.1) is 0 Å². The van der Waals surface area contributed by atoms with Crippen LogP contribution in [0.1, 0.15) is 18.9 Å². The van der Waals surface area contributed by atoms with E-state index in [-0.39, 0.29) is 17.6 Å². The molecule has 4 heteroatoms. The van der Waals surface area contributed by atoms with Crippen molar-refractivity contribution in [2.75, 3.05) is 11.9 Å². The van der Waals surface area contributed by atoms with E-state index in [0.29, 0.717) is 12.3 Å². The van der Waals surface area contributed by atoms with Gasteiger partial charge in [-0.2, -0.15) is 0 Å². The van der Waals surface area contributed by atoms with Crippen molar-refractivity contribution in [3.63, 3.8) is 0 Å². The van der Waals surface area contributed by atoms with Gasteiger partial charge in [0.2, 0.25) is 0 Å². The van der Waals surface area contributed by atoms with Crippen LogP contribution in [0.2, 0.25) is 0 Å². The summed E-state index contributed by atoms with van der Waals surface area (Å²) in [5.74, 6) is 0.126. The van der Waals surface area contributed by atoms with Gasteiger partial charge < -0.3 is 15.2 Å². The molecule has 1 amide bonds. The standard InChI is InChI=1S/C13H17NO3/c1-8-3-4-10(11(15)7-8)14-13(16)12-9(2)5-6-17-12/h3-4,7,9,12,15H,5-6H2,1-2H3,(H,14,16). The molecular formula is C13H17NO3. The Morgan fingerprint density at radius 3 is 2.88 bits per heavy atom. The van der Waals surface area contributed by atoms with Crippen molar-refractivity contribution in [1.29, 1.82) is 0 Å². The zero-order valence-corrected chi connectivity index (χ0v) is 10.1. The first-order valence-electron chi connectivity index (χ1n) is 5.80. The van der Waals surface area contributed by atoms with E-state index >= 15 is 0 Å². The fraction of sp³-hybridized carbons (Fsp3) is 0.462. The minimum absolute atomic E-state index is 0.0870. The largest absolute Gasteiger partial charge is 0.506 e. The van der Waals surface area contributed by atoms with Gasteiger partial charge in [0.25, 0.3) is 5.91 Å². The van der Waals surface area contributed by atoms with E-state index in [4.69, 9.17) is 4.74 Å². The third-order valence-electron chi connectivity index (χ3n) is 3.06. The first-order valence-corrected chi connectivity index (χ1v) is 5.80. The Labute approximate surface area is 101 Å². The van der Waals surface area contributed by atoms with E-state index < -0.39 is 6.10 Å². The van der Waals surface area contributed by atoms with Crippen LogP contribution >= 0.6 is 0 Å². The summed E-state index contributed by atoms with van der Waals surface area (Å²) in [5.41, 5.74) is 1.38. The number of carbonyl (C=O) groups is 1. The second-order valence-electron chi connectivity index (χ2n) is 4.57. The number of benzene rings is 1. The van der Waals surface area contributed by atoms with Crippen LogP contribution in [0.15, 0.2) is 18.2 Å². The third-order valence-corrected chi connectivity index (χ3v) is 3.06. The van der Waals surface area contributed by atoms with E-state index in [1.165, 1.54) is 0 Å². The van der Waals surface area contributed by atoms with Gasteiger partial charge in [-0.3, -0.25) is 4.79 Å². The lowest BCUT2D eigenvalue weighted by atomic mass is 10.0. The molecule has 1 fully saturated rings. The number of carbonyl (C=O) groups excluding carboxylic acids is 1. The van der Waals surface area contributed by atoms with Gasteiger partial charge in [-0.05, 0) is 37.0 Å². The van der Waals surface area contributed by atoms with Crippen LogP contribution in [0.5, 0.6) is 5.75 Å². The molecule has 2 atom stereocenters. The maximum absolute atomic E-state index is 11.9. The first kappa shape index (κ1) is 11.9. The highest BCUT2D eigenvalue weighted by molar-refractivity contribution is 5.95. The molecule has 1 aliphatic heterocycles. The molecule has 2 rings (SSSR count). The molecule has 0 spiro atoms. The predicted molar refractivity (Wildman–Crippen MR) is 65.0 cm³/mol. The van der Waals surface area contributed by atoms with Gasteiger partial charge in [0.05, 0.1) is 5.69 Å². The van der Waals surface area contributed by atoms with E-state index in [9.17, 15) is 9.90 Å². The lowest BCUT2D eigenvalue weighted by molar-refractivity contribution is -0.126. The molecule has 17 heavy (non-hydrogen) atoms. The van der Waals surface area contributed by atoms with E-state index in [2.05, 4.69) is 5.32 Å². The second kappa shape index (κ2) is 4.75. The molecule has 0 aromatic heterocycles. The topological polar surface area (TPSA) is 58.6 Å². The summed E-state index contributed by atoms with van der Waals surface area (Å²) in [6.45, 7) is 4.50. The van der Waals surface area contributed by atoms with Crippen LogP contribution in [-0.2, 0) is 9.53 Å². The quantitative estimate of drug-likeness (QED) is 0.771. The molecule has 0 bridgehead atoms. The van der Waals surface area contributed by atoms with Crippen LogP contribution < -0.4 is 5.32 Å². The monoisotopic (exact) mass is 235 g/mol. The summed E-state index contributed by atoms with van der Waals surface area (Å²) in [5, 5.41) is 12.4. The number of aryl methyl sites for hydroxylation is 1. The normalized spacial score (nSPS) is 23.6. The van der Waals surface area contributed by atoms with Crippen LogP contribution in [0, 0.1) is 12.8 Å². The average molecular weight is 235 g/mol. The number of phenols is 1. The zero-order valence-electron chi connectivity index (χ0n) is 10.1. The molecule has 1 aliphatic rings. The van der Waals surface area contributed by atoms with Crippen molar-refractivity contribution >= 4 is 11.6 Å². The number of ether oxygens (including phenoxy) is 1. The highest BCUT2D eigenvalue weighted by Gasteiger charge is 2.31. The lowest BCUT2D eigenvalue weighted by Gasteiger charge is -2.15. The van der Waals surface area contributed by atoms with Crippen molar-refractivity contribution in [1.82, 2.24) is 0 Å². The molecule has 1 saturated heterocycles. The third kappa shape index (κ3) is 2.58. The zero-order chi connectivity index (χ0) is 12.4. The Balaban J connectivity index is 2.07. The highest BCUT2D eigenvalue weighted by Crippen LogP contribution is 2.26. The summed E-state index contributed by atoms with van der Waals surface area (Å²) in [4.78, 5) is 11.9. The first-order chi connectivity index (χ1) is 8.08. The van der Waals surface area contributed by atoms with Gasteiger partial charge in [0.15, 0.2) is 0 Å². The summed E-state index contributed by atoms with van der Waals surface area (Å²) >= 11 is 0. The molecule has 4 nitrogen and oxygen atoms in total. The average Bonchev–Trinajstić information content (AvgIpc) is 2.68. The number of nitrogens with one attached hydrogen (secondary N) is 1. The van der Waals surface area contributed by atoms with E-state index in [0.717, 1.165) is 12.0 Å². The van der Waals surface area contributed by atoms with Crippen LogP contribution in [0.25, 0.3) is 0 Å². The number of aromatic hydroxyl groups is 1. The number of hydrogen-bond donors (Lipinski definition) is 2. The molecule has 2 N–H and O–H groups in total. The van der Waals surface area contributed by atoms with Crippen molar-refractivity contribution in [3.05, 3.63) is 23.8 Å². The smallest absolute Gasteiger partial charge is 0.253 e.